The lowest BCUT2D eigenvalue weighted by Gasteiger charge is -2.08. The molecule has 0 saturated heterocycles. The Labute approximate surface area is 119 Å². The quantitative estimate of drug-likeness (QED) is 0.651. The molecular formula is C14H11N3O2S. The van der Waals surface area contributed by atoms with E-state index < -0.39 is 5.91 Å². The molecule has 0 unspecified atom stereocenters. The molecule has 1 aliphatic rings. The van der Waals surface area contributed by atoms with Gasteiger partial charge in [-0.1, -0.05) is 23.9 Å². The molecule has 20 heavy (non-hydrogen) atoms. The van der Waals surface area contributed by atoms with Crippen LogP contribution < -0.4 is 11.1 Å². The molecule has 1 aromatic carbocycles. The first-order chi connectivity index (χ1) is 9.56. The van der Waals surface area contributed by atoms with E-state index in [1.165, 1.54) is 11.8 Å². The zero-order chi connectivity index (χ0) is 14.3. The number of hydrogen-bond donors (Lipinski definition) is 2. The Morgan fingerprint density at radius 2 is 1.95 bits per heavy atom. The number of carbonyl (C=O) groups is 2. The molecule has 2 amide bonds. The van der Waals surface area contributed by atoms with Crippen LogP contribution >= 0.6 is 11.8 Å². The molecule has 0 saturated carbocycles. The Balaban J connectivity index is 2.12. The number of benzene rings is 1. The van der Waals surface area contributed by atoms with Crippen molar-refractivity contribution >= 4 is 29.3 Å². The number of carbonyl (C=O) groups excluding carboxylic acids is 2. The number of nitrogens with two attached hydrogens (primary N) is 1. The highest BCUT2D eigenvalue weighted by Crippen LogP contribution is 2.35. The number of imide groups is 1. The first-order valence-corrected chi connectivity index (χ1v) is 6.77. The predicted molar refractivity (Wildman–Crippen MR) is 75.7 cm³/mol. The van der Waals surface area contributed by atoms with Crippen LogP contribution in [-0.2, 0) is 0 Å². The van der Waals surface area contributed by atoms with Crippen LogP contribution in [0.1, 0.15) is 26.4 Å². The fourth-order valence-electron chi connectivity index (χ4n) is 2.03. The van der Waals surface area contributed by atoms with Gasteiger partial charge in [-0.15, -0.1) is 0 Å². The van der Waals surface area contributed by atoms with Crippen LogP contribution in [0.4, 0.5) is 5.69 Å². The van der Waals surface area contributed by atoms with E-state index in [2.05, 4.69) is 10.3 Å². The van der Waals surface area contributed by atoms with Crippen molar-refractivity contribution in [2.24, 2.45) is 0 Å². The number of nitrogens with zero attached hydrogens (tertiary/aromatic N) is 1. The summed E-state index contributed by atoms with van der Waals surface area (Å²) in [7, 11) is 0. The number of nitrogen functional groups attached to an aromatic ring is 1. The lowest BCUT2D eigenvalue weighted by Crippen LogP contribution is -2.20. The molecule has 1 aliphatic heterocycles. The highest BCUT2D eigenvalue weighted by atomic mass is 32.2. The number of aryl methyl sites for hydroxylation is 1. The van der Waals surface area contributed by atoms with Crippen LogP contribution in [-0.4, -0.2) is 16.8 Å². The van der Waals surface area contributed by atoms with Crippen molar-refractivity contribution in [2.75, 3.05) is 5.73 Å². The number of nitrogens with one attached hydrogen (secondary N) is 1. The average molecular weight is 285 g/mol. The summed E-state index contributed by atoms with van der Waals surface area (Å²) in [5.74, 6) is -0.784. The van der Waals surface area contributed by atoms with Crippen LogP contribution in [0.3, 0.4) is 0 Å². The van der Waals surface area contributed by atoms with E-state index in [1.807, 2.05) is 18.2 Å². The van der Waals surface area contributed by atoms with Gasteiger partial charge in [0.1, 0.15) is 5.03 Å². The fourth-order valence-corrected chi connectivity index (χ4v) is 3.06. The van der Waals surface area contributed by atoms with Gasteiger partial charge in [-0.3, -0.25) is 14.9 Å². The van der Waals surface area contributed by atoms with Crippen molar-refractivity contribution in [1.29, 1.82) is 0 Å². The Morgan fingerprint density at radius 1 is 1.20 bits per heavy atom. The third kappa shape index (κ3) is 2.04. The van der Waals surface area contributed by atoms with Gasteiger partial charge in [-0.05, 0) is 25.1 Å². The van der Waals surface area contributed by atoms with Gasteiger partial charge < -0.3 is 5.73 Å². The maximum Gasteiger partial charge on any atom is 0.261 e. The van der Waals surface area contributed by atoms with E-state index in [-0.39, 0.29) is 5.91 Å². The number of pyridine rings is 1. The molecule has 0 bridgehead atoms. The van der Waals surface area contributed by atoms with E-state index >= 15 is 0 Å². The minimum Gasteiger partial charge on any atom is -0.398 e. The summed E-state index contributed by atoms with van der Waals surface area (Å²) >= 11 is 1.29. The molecular weight excluding hydrogens is 274 g/mol. The monoisotopic (exact) mass is 285 g/mol. The predicted octanol–water partition coefficient (Wildman–Crippen LogP) is 2.01. The summed E-state index contributed by atoms with van der Waals surface area (Å²) in [5, 5.41) is 2.79. The first-order valence-electron chi connectivity index (χ1n) is 5.96. The highest BCUT2D eigenvalue weighted by Gasteiger charge is 2.31. The summed E-state index contributed by atoms with van der Waals surface area (Å²) in [6.45, 7) is 1.79. The lowest BCUT2D eigenvalue weighted by atomic mass is 10.1. The Bertz CT molecular complexity index is 743. The standard InChI is InChI=1S/C14H11N3O2S/c1-7-6-8-11(13(19)17-12(8)18)14(16-7)20-10-5-3-2-4-9(10)15/h2-6H,15H2,1H3,(H,17,18,19). The molecule has 3 rings (SSSR count). The zero-order valence-electron chi connectivity index (χ0n) is 10.6. The van der Waals surface area contributed by atoms with Crippen LogP contribution in [0.2, 0.25) is 0 Å². The van der Waals surface area contributed by atoms with Gasteiger partial charge in [0.05, 0.1) is 11.1 Å². The molecule has 3 N–H and O–H groups in total. The van der Waals surface area contributed by atoms with E-state index in [9.17, 15) is 9.59 Å². The Kier molecular flexibility index (Phi) is 2.94. The normalized spacial score (nSPS) is 13.2. The van der Waals surface area contributed by atoms with E-state index in [1.54, 1.807) is 19.1 Å². The Hall–Kier alpha value is -2.34. The topological polar surface area (TPSA) is 85.1 Å². The summed E-state index contributed by atoms with van der Waals surface area (Å²) in [4.78, 5) is 28.7. The Morgan fingerprint density at radius 3 is 2.70 bits per heavy atom. The molecule has 2 heterocycles. The van der Waals surface area contributed by atoms with Gasteiger partial charge in [0.25, 0.3) is 11.8 Å². The molecule has 0 radical (unpaired) electrons. The highest BCUT2D eigenvalue weighted by molar-refractivity contribution is 7.99. The second-order valence-corrected chi connectivity index (χ2v) is 5.45. The maximum absolute atomic E-state index is 11.9. The molecule has 0 atom stereocenters. The summed E-state index contributed by atoms with van der Waals surface area (Å²) in [5.41, 5.74) is 7.90. The number of hydrogen-bond acceptors (Lipinski definition) is 5. The van der Waals surface area contributed by atoms with Crippen LogP contribution in [0, 0.1) is 6.92 Å². The number of anilines is 1. The van der Waals surface area contributed by atoms with Crippen molar-refractivity contribution in [2.45, 2.75) is 16.8 Å². The summed E-state index contributed by atoms with van der Waals surface area (Å²) in [6.07, 6.45) is 0. The molecule has 0 spiro atoms. The van der Waals surface area contributed by atoms with Gasteiger partial charge >= 0.3 is 0 Å². The van der Waals surface area contributed by atoms with Crippen LogP contribution in [0.25, 0.3) is 0 Å². The smallest absolute Gasteiger partial charge is 0.261 e. The van der Waals surface area contributed by atoms with Crippen molar-refractivity contribution < 1.29 is 9.59 Å². The van der Waals surface area contributed by atoms with Gasteiger partial charge in [0.2, 0.25) is 0 Å². The number of aromatic nitrogens is 1. The van der Waals surface area contributed by atoms with Crippen molar-refractivity contribution in [3.05, 3.63) is 47.2 Å². The largest absolute Gasteiger partial charge is 0.398 e. The molecule has 5 nitrogen and oxygen atoms in total. The van der Waals surface area contributed by atoms with Gasteiger partial charge in [-0.2, -0.15) is 0 Å². The van der Waals surface area contributed by atoms with E-state index in [0.717, 1.165) is 4.90 Å². The summed E-state index contributed by atoms with van der Waals surface area (Å²) in [6, 6.07) is 8.95. The molecule has 0 aliphatic carbocycles. The minimum atomic E-state index is -0.408. The van der Waals surface area contributed by atoms with Crippen LogP contribution in [0.5, 0.6) is 0 Å². The molecule has 2 aromatic rings. The molecule has 1 aromatic heterocycles. The van der Waals surface area contributed by atoms with Crippen LogP contribution in [0.15, 0.2) is 40.3 Å². The third-order valence-corrected chi connectivity index (χ3v) is 4.02. The van der Waals surface area contributed by atoms with Gasteiger partial charge in [0, 0.05) is 16.3 Å². The second-order valence-electron chi connectivity index (χ2n) is 4.41. The maximum atomic E-state index is 11.9. The number of para-hydroxylation sites is 1. The number of fused-ring (bicyclic) bond motifs is 1. The average Bonchev–Trinajstić information content (AvgIpc) is 2.67. The van der Waals surface area contributed by atoms with E-state index in [4.69, 9.17) is 5.73 Å². The molecule has 0 fully saturated rings. The van der Waals surface area contributed by atoms with Gasteiger partial charge in [-0.25, -0.2) is 4.98 Å². The molecule has 6 heteroatoms. The number of amides is 2. The SMILES string of the molecule is Cc1cc2c(c(Sc3ccccc3N)n1)C(=O)NC2=O. The lowest BCUT2D eigenvalue weighted by molar-refractivity contribution is 0.0878. The van der Waals surface area contributed by atoms with Gasteiger partial charge in [0.15, 0.2) is 0 Å². The fraction of sp³-hybridized carbons (Fsp3) is 0.0714. The zero-order valence-corrected chi connectivity index (χ0v) is 11.5. The van der Waals surface area contributed by atoms with E-state index in [0.29, 0.717) is 27.5 Å². The number of rotatable bonds is 2. The minimum absolute atomic E-state index is 0.328. The first kappa shape index (κ1) is 12.7. The van der Waals surface area contributed by atoms with Crippen molar-refractivity contribution in [1.82, 2.24) is 10.3 Å². The second kappa shape index (κ2) is 4.64. The third-order valence-electron chi connectivity index (χ3n) is 2.94. The molecule has 100 valence electrons. The summed E-state index contributed by atoms with van der Waals surface area (Å²) < 4.78 is 0. The van der Waals surface area contributed by atoms with Crippen molar-refractivity contribution in [3.63, 3.8) is 0 Å². The van der Waals surface area contributed by atoms with Crippen molar-refractivity contribution in [3.8, 4) is 0 Å².